The molecule has 1 saturated heterocycles. The molecule has 34 heavy (non-hydrogen) atoms. The number of rotatable bonds is 6. The summed E-state index contributed by atoms with van der Waals surface area (Å²) in [7, 11) is 0. The van der Waals surface area contributed by atoms with E-state index in [-0.39, 0.29) is 32.8 Å². The van der Waals surface area contributed by atoms with Crippen LogP contribution < -0.4 is 15.0 Å². The molecule has 172 valence electrons. The first-order valence-electron chi connectivity index (χ1n) is 9.89. The van der Waals surface area contributed by atoms with Crippen molar-refractivity contribution in [3.8, 4) is 11.5 Å². The van der Waals surface area contributed by atoms with Crippen LogP contribution in [0.3, 0.4) is 0 Å². The van der Waals surface area contributed by atoms with Gasteiger partial charge in [-0.05, 0) is 66.7 Å². The molecule has 2 amide bonds. The SMILES string of the molecule is O=C1NC(=S)N(c2ccc(Oc3ccccc3)cc2)C(=O)C1Cc1c(Cl)ccc([N+](=O)[O-])c1Cl. The molecule has 0 radical (unpaired) electrons. The molecule has 1 N–H and O–H groups in total. The summed E-state index contributed by atoms with van der Waals surface area (Å²) < 4.78 is 5.76. The van der Waals surface area contributed by atoms with Crippen molar-refractivity contribution in [2.75, 3.05) is 4.90 Å². The third-order valence-corrected chi connectivity index (χ3v) is 6.17. The highest BCUT2D eigenvalue weighted by Crippen LogP contribution is 2.36. The molecule has 3 aromatic rings. The lowest BCUT2D eigenvalue weighted by molar-refractivity contribution is -0.384. The number of nitrogens with one attached hydrogen (secondary N) is 1. The van der Waals surface area contributed by atoms with Crippen molar-refractivity contribution in [2.24, 2.45) is 5.92 Å². The molecule has 3 aromatic carbocycles. The molecule has 0 aliphatic carbocycles. The molecule has 11 heteroatoms. The third-order valence-electron chi connectivity index (χ3n) is 5.11. The minimum absolute atomic E-state index is 0.0841. The Kier molecular flexibility index (Phi) is 6.78. The molecule has 0 bridgehead atoms. The third kappa shape index (κ3) is 4.72. The van der Waals surface area contributed by atoms with E-state index in [2.05, 4.69) is 5.32 Å². The van der Waals surface area contributed by atoms with Crippen LogP contribution in [0.5, 0.6) is 11.5 Å². The summed E-state index contributed by atoms with van der Waals surface area (Å²) in [4.78, 5) is 37.7. The highest BCUT2D eigenvalue weighted by molar-refractivity contribution is 7.80. The van der Waals surface area contributed by atoms with Crippen LogP contribution in [0, 0.1) is 16.0 Å². The average Bonchev–Trinajstić information content (AvgIpc) is 2.80. The van der Waals surface area contributed by atoms with E-state index in [1.165, 1.54) is 11.0 Å². The van der Waals surface area contributed by atoms with E-state index < -0.39 is 22.7 Å². The van der Waals surface area contributed by atoms with Gasteiger partial charge in [-0.3, -0.25) is 24.6 Å². The first-order valence-corrected chi connectivity index (χ1v) is 11.1. The second kappa shape index (κ2) is 9.76. The maximum Gasteiger partial charge on any atom is 0.288 e. The van der Waals surface area contributed by atoms with Gasteiger partial charge in [-0.1, -0.05) is 41.4 Å². The van der Waals surface area contributed by atoms with Gasteiger partial charge in [-0.25, -0.2) is 0 Å². The molecule has 0 saturated carbocycles. The topological polar surface area (TPSA) is 102 Å². The minimum atomic E-state index is -1.25. The molecule has 1 unspecified atom stereocenters. The quantitative estimate of drug-likeness (QED) is 0.207. The van der Waals surface area contributed by atoms with Crippen molar-refractivity contribution in [3.63, 3.8) is 0 Å². The highest BCUT2D eigenvalue weighted by atomic mass is 35.5. The van der Waals surface area contributed by atoms with Gasteiger partial charge in [0.15, 0.2) is 5.11 Å². The van der Waals surface area contributed by atoms with Gasteiger partial charge >= 0.3 is 0 Å². The zero-order valence-corrected chi connectivity index (χ0v) is 19.6. The number of carbonyl (C=O) groups is 2. The van der Waals surface area contributed by atoms with Gasteiger partial charge in [0.05, 0.1) is 10.6 Å². The largest absolute Gasteiger partial charge is 0.457 e. The summed E-state index contributed by atoms with van der Waals surface area (Å²) in [5.74, 6) is -1.30. The number of carbonyl (C=O) groups excluding carboxylic acids is 2. The summed E-state index contributed by atoms with van der Waals surface area (Å²) in [5, 5.41) is 13.5. The Morgan fingerprint density at radius 1 is 1.00 bits per heavy atom. The van der Waals surface area contributed by atoms with E-state index in [1.54, 1.807) is 24.3 Å². The van der Waals surface area contributed by atoms with E-state index in [9.17, 15) is 19.7 Å². The van der Waals surface area contributed by atoms with Gasteiger partial charge in [0.25, 0.3) is 5.69 Å². The Morgan fingerprint density at radius 3 is 2.29 bits per heavy atom. The van der Waals surface area contributed by atoms with E-state index >= 15 is 0 Å². The number of halogens is 2. The number of nitrogens with zero attached hydrogens (tertiary/aromatic N) is 2. The molecule has 4 rings (SSSR count). The van der Waals surface area contributed by atoms with E-state index in [0.717, 1.165) is 6.07 Å². The Morgan fingerprint density at radius 2 is 1.65 bits per heavy atom. The van der Waals surface area contributed by atoms with Crippen LogP contribution in [0.4, 0.5) is 11.4 Å². The maximum atomic E-state index is 13.3. The Labute approximate surface area is 209 Å². The van der Waals surface area contributed by atoms with Crippen molar-refractivity contribution in [3.05, 3.63) is 92.5 Å². The first-order chi connectivity index (χ1) is 16.3. The van der Waals surface area contributed by atoms with Crippen LogP contribution in [0.1, 0.15) is 5.56 Å². The Hall–Kier alpha value is -3.53. The molecule has 8 nitrogen and oxygen atoms in total. The fourth-order valence-electron chi connectivity index (χ4n) is 3.45. The van der Waals surface area contributed by atoms with Gasteiger partial charge in [0.1, 0.15) is 22.4 Å². The van der Waals surface area contributed by atoms with Gasteiger partial charge in [-0.15, -0.1) is 0 Å². The maximum absolute atomic E-state index is 13.3. The first kappa shape index (κ1) is 23.6. The number of nitro groups is 1. The summed E-state index contributed by atoms with van der Waals surface area (Å²) in [6.07, 6.45) is -0.238. The van der Waals surface area contributed by atoms with Gasteiger partial charge in [0, 0.05) is 11.1 Å². The standard InChI is InChI=1S/C23H15Cl2N3O5S/c24-18-10-11-19(28(31)32)20(25)16(18)12-17-21(29)26-23(34)27(22(17)30)13-6-8-15(9-7-13)33-14-4-2-1-3-5-14/h1-11,17H,12H2,(H,26,29,34). The zero-order chi connectivity index (χ0) is 24.4. The van der Waals surface area contributed by atoms with Crippen LogP contribution in [-0.2, 0) is 16.0 Å². The van der Waals surface area contributed by atoms with Crippen molar-refractivity contribution < 1.29 is 19.2 Å². The second-order valence-corrected chi connectivity index (χ2v) is 8.42. The van der Waals surface area contributed by atoms with Crippen LogP contribution in [0.15, 0.2) is 66.7 Å². The number of anilines is 1. The van der Waals surface area contributed by atoms with Crippen molar-refractivity contribution in [1.29, 1.82) is 0 Å². The predicted octanol–water partition coefficient (Wildman–Crippen LogP) is 5.30. The van der Waals surface area contributed by atoms with Crippen molar-refractivity contribution in [1.82, 2.24) is 5.32 Å². The summed E-state index contributed by atoms with van der Waals surface area (Å²) in [6, 6.07) is 18.2. The lowest BCUT2D eigenvalue weighted by atomic mass is 9.95. The van der Waals surface area contributed by atoms with E-state index in [0.29, 0.717) is 17.2 Å². The second-order valence-electron chi connectivity index (χ2n) is 7.25. The normalized spacial score (nSPS) is 15.8. The lowest BCUT2D eigenvalue weighted by Crippen LogP contribution is -2.58. The molecule has 1 aliphatic rings. The molecule has 1 heterocycles. The predicted molar refractivity (Wildman–Crippen MR) is 131 cm³/mol. The summed E-state index contributed by atoms with van der Waals surface area (Å²) in [5.41, 5.74) is 0.174. The number of hydrogen-bond acceptors (Lipinski definition) is 6. The van der Waals surface area contributed by atoms with Crippen LogP contribution in [0.25, 0.3) is 0 Å². The molecular formula is C23H15Cl2N3O5S. The van der Waals surface area contributed by atoms with Crippen molar-refractivity contribution in [2.45, 2.75) is 6.42 Å². The minimum Gasteiger partial charge on any atom is -0.457 e. The van der Waals surface area contributed by atoms with Crippen LogP contribution >= 0.6 is 35.4 Å². The molecule has 0 spiro atoms. The molecular weight excluding hydrogens is 501 g/mol. The van der Waals surface area contributed by atoms with Gasteiger partial charge in [0.2, 0.25) is 11.8 Å². The average molecular weight is 516 g/mol. The fraction of sp³-hybridized carbons (Fsp3) is 0.0870. The highest BCUT2D eigenvalue weighted by Gasteiger charge is 2.40. The molecule has 0 aromatic heterocycles. The summed E-state index contributed by atoms with van der Waals surface area (Å²) >= 11 is 17.6. The smallest absolute Gasteiger partial charge is 0.288 e. The van der Waals surface area contributed by atoms with E-state index in [4.69, 9.17) is 40.2 Å². The zero-order valence-electron chi connectivity index (χ0n) is 17.2. The monoisotopic (exact) mass is 515 g/mol. The van der Waals surface area contributed by atoms with Gasteiger partial charge in [-0.2, -0.15) is 0 Å². The number of hydrogen-bond donors (Lipinski definition) is 1. The number of benzene rings is 3. The van der Waals surface area contributed by atoms with Crippen molar-refractivity contribution >= 4 is 63.7 Å². The van der Waals surface area contributed by atoms with E-state index in [1.807, 2.05) is 30.3 Å². The number of thiocarbonyl (C=S) groups is 1. The summed E-state index contributed by atoms with van der Waals surface area (Å²) in [6.45, 7) is 0. The fourth-order valence-corrected chi connectivity index (χ4v) is 4.34. The molecule has 1 atom stereocenters. The number of para-hydroxylation sites is 1. The lowest BCUT2D eigenvalue weighted by Gasteiger charge is -2.32. The Balaban J connectivity index is 1.59. The molecule has 1 fully saturated rings. The number of ether oxygens (including phenoxy) is 1. The molecule has 1 aliphatic heterocycles. The van der Waals surface area contributed by atoms with Crippen LogP contribution in [-0.4, -0.2) is 21.9 Å². The van der Waals surface area contributed by atoms with Crippen LogP contribution in [0.2, 0.25) is 10.0 Å². The number of amides is 2. The number of nitro benzene ring substituents is 1. The van der Waals surface area contributed by atoms with Gasteiger partial charge < -0.3 is 10.1 Å². The Bertz CT molecular complexity index is 1300.